The monoisotopic (exact) mass is 249 g/mol. The fraction of sp³-hybridized carbons (Fsp3) is 0.643. The molecule has 1 saturated heterocycles. The molecule has 4 nitrogen and oxygen atoms in total. The lowest BCUT2D eigenvalue weighted by Gasteiger charge is -2.36. The lowest BCUT2D eigenvalue weighted by molar-refractivity contribution is -0.00545. The van der Waals surface area contributed by atoms with Crippen molar-refractivity contribution in [1.29, 1.82) is 0 Å². The van der Waals surface area contributed by atoms with Gasteiger partial charge in [0.25, 0.3) is 0 Å². The van der Waals surface area contributed by atoms with Crippen molar-refractivity contribution in [2.75, 3.05) is 24.5 Å². The number of hydrogen-bond donors (Lipinski definition) is 1. The van der Waals surface area contributed by atoms with E-state index in [-0.39, 0.29) is 12.2 Å². The van der Waals surface area contributed by atoms with Crippen LogP contribution in [0.4, 0.5) is 5.82 Å². The molecule has 1 fully saturated rings. The van der Waals surface area contributed by atoms with E-state index >= 15 is 0 Å². The molecule has 2 rings (SSSR count). The van der Waals surface area contributed by atoms with E-state index in [1.807, 2.05) is 6.20 Å². The van der Waals surface area contributed by atoms with Gasteiger partial charge < -0.3 is 15.0 Å². The normalized spacial score (nSPS) is 24.3. The van der Waals surface area contributed by atoms with E-state index in [9.17, 15) is 0 Å². The second-order valence-corrected chi connectivity index (χ2v) is 4.97. The Bertz CT molecular complexity index is 356. The predicted octanol–water partition coefficient (Wildman–Crippen LogP) is 1.80. The predicted molar refractivity (Wildman–Crippen MR) is 73.8 cm³/mol. The highest BCUT2D eigenvalue weighted by atomic mass is 16.5. The molecule has 0 aliphatic carbocycles. The first kappa shape index (κ1) is 13.3. The van der Waals surface area contributed by atoms with Crippen LogP contribution in [0.25, 0.3) is 0 Å². The number of pyridine rings is 1. The van der Waals surface area contributed by atoms with Crippen LogP contribution >= 0.6 is 0 Å². The number of ether oxygens (including phenoxy) is 1. The standard InChI is InChI=1S/C14H23N3O/c1-4-15-7-13-5-6-14(16-8-13)17-9-11(2)18-12(3)10-17/h5-6,8,11-12,15H,4,7,9-10H2,1-3H3. The van der Waals surface area contributed by atoms with Gasteiger partial charge in [-0.3, -0.25) is 0 Å². The highest BCUT2D eigenvalue weighted by Crippen LogP contribution is 2.18. The summed E-state index contributed by atoms with van der Waals surface area (Å²) in [7, 11) is 0. The van der Waals surface area contributed by atoms with Crippen molar-refractivity contribution < 1.29 is 4.74 Å². The minimum atomic E-state index is 0.275. The maximum Gasteiger partial charge on any atom is 0.128 e. The number of hydrogen-bond acceptors (Lipinski definition) is 4. The zero-order valence-corrected chi connectivity index (χ0v) is 11.5. The number of morpholine rings is 1. The maximum atomic E-state index is 5.74. The lowest BCUT2D eigenvalue weighted by Crippen LogP contribution is -2.45. The summed E-state index contributed by atoms with van der Waals surface area (Å²) in [5, 5.41) is 3.30. The summed E-state index contributed by atoms with van der Waals surface area (Å²) in [4.78, 5) is 6.86. The van der Waals surface area contributed by atoms with Gasteiger partial charge in [-0.05, 0) is 32.0 Å². The summed E-state index contributed by atoms with van der Waals surface area (Å²) in [6, 6.07) is 4.26. The minimum absolute atomic E-state index is 0.275. The zero-order valence-electron chi connectivity index (χ0n) is 11.5. The first-order valence-electron chi connectivity index (χ1n) is 6.75. The van der Waals surface area contributed by atoms with Crippen LogP contribution in [0, 0.1) is 0 Å². The summed E-state index contributed by atoms with van der Waals surface area (Å²) < 4.78 is 5.74. The van der Waals surface area contributed by atoms with Gasteiger partial charge in [0.15, 0.2) is 0 Å². The number of nitrogens with one attached hydrogen (secondary N) is 1. The van der Waals surface area contributed by atoms with Gasteiger partial charge in [0.2, 0.25) is 0 Å². The van der Waals surface area contributed by atoms with E-state index < -0.39 is 0 Å². The van der Waals surface area contributed by atoms with Gasteiger partial charge in [-0.1, -0.05) is 13.0 Å². The molecule has 0 aromatic carbocycles. The third-order valence-corrected chi connectivity index (χ3v) is 3.13. The van der Waals surface area contributed by atoms with Gasteiger partial charge in [0.1, 0.15) is 5.82 Å². The molecule has 2 atom stereocenters. The first-order valence-corrected chi connectivity index (χ1v) is 6.75. The second kappa shape index (κ2) is 6.16. The Balaban J connectivity index is 2.00. The van der Waals surface area contributed by atoms with Gasteiger partial charge in [0.05, 0.1) is 12.2 Å². The molecule has 0 amide bonds. The summed E-state index contributed by atoms with van der Waals surface area (Å²) in [5.41, 5.74) is 1.23. The highest BCUT2D eigenvalue weighted by molar-refractivity contribution is 5.40. The van der Waals surface area contributed by atoms with E-state index in [0.717, 1.165) is 32.0 Å². The first-order chi connectivity index (χ1) is 8.69. The van der Waals surface area contributed by atoms with Crippen LogP contribution < -0.4 is 10.2 Å². The van der Waals surface area contributed by atoms with Crippen LogP contribution in [0.5, 0.6) is 0 Å². The quantitative estimate of drug-likeness (QED) is 0.883. The maximum absolute atomic E-state index is 5.74. The molecule has 1 N–H and O–H groups in total. The highest BCUT2D eigenvalue weighted by Gasteiger charge is 2.22. The van der Waals surface area contributed by atoms with Crippen molar-refractivity contribution in [2.45, 2.75) is 39.5 Å². The van der Waals surface area contributed by atoms with Crippen LogP contribution in [0.3, 0.4) is 0 Å². The fourth-order valence-electron chi connectivity index (χ4n) is 2.34. The number of anilines is 1. The molecule has 2 heterocycles. The molecule has 4 heteroatoms. The molecule has 0 bridgehead atoms. The Morgan fingerprint density at radius 3 is 2.61 bits per heavy atom. The van der Waals surface area contributed by atoms with Crippen LogP contribution in [0.15, 0.2) is 18.3 Å². The fourth-order valence-corrected chi connectivity index (χ4v) is 2.34. The molecule has 1 aromatic heterocycles. The molecule has 0 spiro atoms. The number of aromatic nitrogens is 1. The molecule has 0 radical (unpaired) electrons. The Kier molecular flexibility index (Phi) is 4.55. The lowest BCUT2D eigenvalue weighted by atomic mass is 10.2. The van der Waals surface area contributed by atoms with Crippen molar-refractivity contribution >= 4 is 5.82 Å². The number of rotatable bonds is 4. The summed E-state index contributed by atoms with van der Waals surface area (Å²) in [5.74, 6) is 1.05. The second-order valence-electron chi connectivity index (χ2n) is 4.97. The van der Waals surface area contributed by atoms with Crippen molar-refractivity contribution in [1.82, 2.24) is 10.3 Å². The van der Waals surface area contributed by atoms with E-state index in [1.165, 1.54) is 5.56 Å². The topological polar surface area (TPSA) is 37.4 Å². The minimum Gasteiger partial charge on any atom is -0.372 e. The van der Waals surface area contributed by atoms with Gasteiger partial charge in [-0.25, -0.2) is 4.98 Å². The third-order valence-electron chi connectivity index (χ3n) is 3.13. The molecular weight excluding hydrogens is 226 g/mol. The van der Waals surface area contributed by atoms with Crippen molar-refractivity contribution in [3.05, 3.63) is 23.9 Å². The Morgan fingerprint density at radius 2 is 2.06 bits per heavy atom. The molecule has 2 unspecified atom stereocenters. The van der Waals surface area contributed by atoms with Crippen LogP contribution in [0.2, 0.25) is 0 Å². The Morgan fingerprint density at radius 1 is 1.33 bits per heavy atom. The largest absolute Gasteiger partial charge is 0.372 e. The van der Waals surface area contributed by atoms with Crippen molar-refractivity contribution in [2.24, 2.45) is 0 Å². The third kappa shape index (κ3) is 3.43. The van der Waals surface area contributed by atoms with Gasteiger partial charge >= 0.3 is 0 Å². The van der Waals surface area contributed by atoms with E-state index in [0.29, 0.717) is 0 Å². The Hall–Kier alpha value is -1.13. The van der Waals surface area contributed by atoms with Crippen LogP contribution in [0.1, 0.15) is 26.3 Å². The van der Waals surface area contributed by atoms with Gasteiger partial charge in [-0.15, -0.1) is 0 Å². The van der Waals surface area contributed by atoms with Crippen LogP contribution in [-0.2, 0) is 11.3 Å². The van der Waals surface area contributed by atoms with Gasteiger partial charge in [0, 0.05) is 25.8 Å². The smallest absolute Gasteiger partial charge is 0.128 e. The average molecular weight is 249 g/mol. The zero-order chi connectivity index (χ0) is 13.0. The molecule has 1 aliphatic heterocycles. The average Bonchev–Trinajstić information content (AvgIpc) is 2.36. The molecule has 1 aliphatic rings. The van der Waals surface area contributed by atoms with E-state index in [1.54, 1.807) is 0 Å². The Labute approximate surface area is 109 Å². The van der Waals surface area contributed by atoms with E-state index in [4.69, 9.17) is 4.74 Å². The molecule has 100 valence electrons. The SMILES string of the molecule is CCNCc1ccc(N2CC(C)OC(C)C2)nc1. The molecule has 18 heavy (non-hydrogen) atoms. The van der Waals surface area contributed by atoms with Crippen LogP contribution in [-0.4, -0.2) is 36.8 Å². The summed E-state index contributed by atoms with van der Waals surface area (Å²) in [6.07, 6.45) is 2.51. The molecule has 0 saturated carbocycles. The molecular formula is C14H23N3O. The van der Waals surface area contributed by atoms with E-state index in [2.05, 4.69) is 48.1 Å². The summed E-state index contributed by atoms with van der Waals surface area (Å²) >= 11 is 0. The number of nitrogens with zero attached hydrogens (tertiary/aromatic N) is 2. The summed E-state index contributed by atoms with van der Waals surface area (Å²) in [6.45, 7) is 10.1. The van der Waals surface area contributed by atoms with Crippen molar-refractivity contribution in [3.63, 3.8) is 0 Å². The molecule has 1 aromatic rings. The van der Waals surface area contributed by atoms with Gasteiger partial charge in [-0.2, -0.15) is 0 Å². The van der Waals surface area contributed by atoms with Crippen molar-refractivity contribution in [3.8, 4) is 0 Å².